The van der Waals surface area contributed by atoms with Crippen molar-refractivity contribution in [2.24, 2.45) is 5.92 Å². The van der Waals surface area contributed by atoms with Crippen molar-refractivity contribution in [1.82, 2.24) is 9.46 Å². The van der Waals surface area contributed by atoms with Crippen LogP contribution in [0.25, 0.3) is 12.2 Å². The third kappa shape index (κ3) is 5.02. The third-order valence-corrected chi connectivity index (χ3v) is 7.69. The van der Waals surface area contributed by atoms with Crippen molar-refractivity contribution in [3.8, 4) is 0 Å². The molecule has 1 aliphatic heterocycles. The van der Waals surface area contributed by atoms with Gasteiger partial charge in [-0.05, 0) is 63.1 Å². The van der Waals surface area contributed by atoms with Crippen LogP contribution in [0, 0.1) is 12.8 Å². The first-order valence-electron chi connectivity index (χ1n) is 10.9. The molecule has 9 nitrogen and oxygen atoms in total. The number of rotatable bonds is 7. The van der Waals surface area contributed by atoms with Gasteiger partial charge < -0.3 is 14.3 Å². The van der Waals surface area contributed by atoms with Gasteiger partial charge in [0.2, 0.25) is 15.9 Å². The molecule has 1 fully saturated rings. The second kappa shape index (κ2) is 9.78. The van der Waals surface area contributed by atoms with Gasteiger partial charge in [0.1, 0.15) is 11.5 Å². The van der Waals surface area contributed by atoms with Gasteiger partial charge in [-0.3, -0.25) is 9.59 Å². The molecule has 4 rings (SSSR count). The average molecular weight is 484 g/mol. The Morgan fingerprint density at radius 1 is 1.21 bits per heavy atom. The fourth-order valence-corrected chi connectivity index (χ4v) is 5.68. The van der Waals surface area contributed by atoms with Crippen LogP contribution in [0.5, 0.6) is 0 Å². The molecule has 0 bridgehead atoms. The normalized spacial score (nSPS) is 17.2. The summed E-state index contributed by atoms with van der Waals surface area (Å²) in [4.78, 5) is 24.5. The number of nitrogens with one attached hydrogen (secondary N) is 1. The number of aromatic nitrogens is 1. The lowest BCUT2D eigenvalue weighted by molar-refractivity contribution is -0.120. The third-order valence-electron chi connectivity index (χ3n) is 5.66. The molecule has 10 heteroatoms. The van der Waals surface area contributed by atoms with Crippen LogP contribution in [0.1, 0.15) is 47.3 Å². The maximum Gasteiger partial charge on any atom is 0.248 e. The van der Waals surface area contributed by atoms with Gasteiger partial charge in [0.25, 0.3) is 0 Å². The lowest BCUT2D eigenvalue weighted by Crippen LogP contribution is -2.43. The van der Waals surface area contributed by atoms with Gasteiger partial charge in [-0.1, -0.05) is 17.3 Å². The number of furan rings is 1. The Morgan fingerprint density at radius 2 is 2.03 bits per heavy atom. The van der Waals surface area contributed by atoms with Crippen LogP contribution in [0.2, 0.25) is 0 Å². The highest BCUT2D eigenvalue weighted by molar-refractivity contribution is 7.89. The van der Waals surface area contributed by atoms with Gasteiger partial charge in [-0.2, -0.15) is 4.31 Å². The molecule has 1 aromatic carbocycles. The maximum atomic E-state index is 13.5. The van der Waals surface area contributed by atoms with Crippen LogP contribution >= 0.6 is 0 Å². The minimum atomic E-state index is -3.96. The van der Waals surface area contributed by atoms with Gasteiger partial charge in [0.05, 0.1) is 12.2 Å². The number of carbonyl (C=O) groups excluding carboxylic acids is 2. The summed E-state index contributed by atoms with van der Waals surface area (Å²) in [7, 11) is -3.96. The van der Waals surface area contributed by atoms with Crippen LogP contribution in [0.15, 0.2) is 56.5 Å². The van der Waals surface area contributed by atoms with Gasteiger partial charge in [0.15, 0.2) is 16.4 Å². The van der Waals surface area contributed by atoms with E-state index < -0.39 is 15.9 Å². The number of ketones is 1. The van der Waals surface area contributed by atoms with E-state index in [-0.39, 0.29) is 41.1 Å². The number of benzene rings is 1. The lowest BCUT2D eigenvalue weighted by atomic mass is 9.98. The first-order valence-corrected chi connectivity index (χ1v) is 12.3. The number of carbonyl (C=O) groups is 2. The molecule has 0 saturated carbocycles. The van der Waals surface area contributed by atoms with E-state index in [2.05, 4.69) is 10.5 Å². The lowest BCUT2D eigenvalue weighted by Gasteiger charge is -2.31. The smallest absolute Gasteiger partial charge is 0.248 e. The van der Waals surface area contributed by atoms with E-state index >= 15 is 0 Å². The molecular weight excluding hydrogens is 458 g/mol. The summed E-state index contributed by atoms with van der Waals surface area (Å²) in [5.74, 6) is -0.290. The average Bonchev–Trinajstić information content (AvgIpc) is 3.47. The second-order valence-electron chi connectivity index (χ2n) is 8.14. The molecule has 3 heterocycles. The quantitative estimate of drug-likeness (QED) is 0.504. The minimum Gasteiger partial charge on any atom is -0.465 e. The Hall–Kier alpha value is -3.50. The van der Waals surface area contributed by atoms with Gasteiger partial charge >= 0.3 is 0 Å². The Bertz CT molecular complexity index is 1320. The fourth-order valence-electron chi connectivity index (χ4n) is 3.91. The molecule has 1 aliphatic rings. The second-order valence-corrected chi connectivity index (χ2v) is 10.0. The van der Waals surface area contributed by atoms with Crippen molar-refractivity contribution in [2.75, 3.05) is 18.4 Å². The van der Waals surface area contributed by atoms with E-state index in [1.54, 1.807) is 49.4 Å². The van der Waals surface area contributed by atoms with Crippen LogP contribution < -0.4 is 5.32 Å². The van der Waals surface area contributed by atoms with E-state index in [9.17, 15) is 18.0 Å². The molecule has 1 amide bonds. The highest BCUT2D eigenvalue weighted by atomic mass is 32.2. The number of amides is 1. The van der Waals surface area contributed by atoms with Crippen LogP contribution in [-0.4, -0.2) is 42.7 Å². The molecule has 0 spiro atoms. The number of aryl methyl sites for hydroxylation is 1. The Kier molecular flexibility index (Phi) is 6.80. The number of hydrogen-bond donors (Lipinski definition) is 1. The molecule has 1 N–H and O–H groups in total. The number of nitrogens with zero attached hydrogens (tertiary/aromatic N) is 2. The summed E-state index contributed by atoms with van der Waals surface area (Å²) in [5, 5.41) is 6.65. The number of hydrogen-bond acceptors (Lipinski definition) is 7. The Balaban J connectivity index is 1.52. The van der Waals surface area contributed by atoms with Gasteiger partial charge in [0, 0.05) is 24.3 Å². The molecule has 3 aromatic rings. The summed E-state index contributed by atoms with van der Waals surface area (Å²) >= 11 is 0. The number of Topliss-reactive ketones (excluding diaryl/α,β-unsaturated/α-hetero) is 1. The Morgan fingerprint density at radius 3 is 2.76 bits per heavy atom. The van der Waals surface area contributed by atoms with Crippen molar-refractivity contribution >= 4 is 39.6 Å². The van der Waals surface area contributed by atoms with E-state index in [0.717, 1.165) is 0 Å². The molecule has 1 atom stereocenters. The van der Waals surface area contributed by atoms with Crippen molar-refractivity contribution in [3.63, 3.8) is 0 Å². The molecular formula is C24H25N3O6S. The summed E-state index contributed by atoms with van der Waals surface area (Å²) in [5.41, 5.74) is 1.23. The van der Waals surface area contributed by atoms with E-state index in [1.165, 1.54) is 23.6 Å². The van der Waals surface area contributed by atoms with Crippen LogP contribution in [0.4, 0.5) is 5.69 Å². The number of anilines is 1. The predicted octanol–water partition coefficient (Wildman–Crippen LogP) is 3.99. The number of sulfonamides is 1. The van der Waals surface area contributed by atoms with Crippen molar-refractivity contribution in [3.05, 3.63) is 65.4 Å². The highest BCUT2D eigenvalue weighted by Gasteiger charge is 2.37. The number of piperidine rings is 1. The zero-order chi connectivity index (χ0) is 24.3. The maximum absolute atomic E-state index is 13.5. The topological polar surface area (TPSA) is 123 Å². The first kappa shape index (κ1) is 23.7. The van der Waals surface area contributed by atoms with Crippen LogP contribution in [-0.2, 0) is 14.8 Å². The molecule has 0 unspecified atom stereocenters. The minimum absolute atomic E-state index is 0.0227. The van der Waals surface area contributed by atoms with Crippen molar-refractivity contribution in [1.29, 1.82) is 0 Å². The Labute approximate surface area is 197 Å². The highest BCUT2D eigenvalue weighted by Crippen LogP contribution is 2.30. The predicted molar refractivity (Wildman–Crippen MR) is 125 cm³/mol. The zero-order valence-electron chi connectivity index (χ0n) is 18.9. The summed E-state index contributed by atoms with van der Waals surface area (Å²) in [6.07, 6.45) is 5.70. The van der Waals surface area contributed by atoms with E-state index in [4.69, 9.17) is 8.94 Å². The SMILES string of the molecule is CC(=O)c1cccc(NC(=O)[C@@H]2CCCN(S(=O)(=O)c3c(C)noc3/C=C/c3ccco3)C2)c1. The summed E-state index contributed by atoms with van der Waals surface area (Å²) in [6, 6.07) is 10.1. The van der Waals surface area contributed by atoms with E-state index in [1.807, 2.05) is 0 Å². The molecule has 1 saturated heterocycles. The summed E-state index contributed by atoms with van der Waals surface area (Å²) < 4.78 is 38.8. The van der Waals surface area contributed by atoms with Gasteiger partial charge in [-0.25, -0.2) is 8.42 Å². The zero-order valence-corrected chi connectivity index (χ0v) is 19.7. The van der Waals surface area contributed by atoms with Crippen molar-refractivity contribution in [2.45, 2.75) is 31.6 Å². The summed E-state index contributed by atoms with van der Waals surface area (Å²) in [6.45, 7) is 3.34. The molecule has 178 valence electrons. The van der Waals surface area contributed by atoms with Gasteiger partial charge in [-0.15, -0.1) is 0 Å². The molecule has 34 heavy (non-hydrogen) atoms. The monoisotopic (exact) mass is 483 g/mol. The molecule has 0 radical (unpaired) electrons. The van der Waals surface area contributed by atoms with Crippen LogP contribution in [0.3, 0.4) is 0 Å². The van der Waals surface area contributed by atoms with Crippen molar-refractivity contribution < 1.29 is 26.9 Å². The largest absolute Gasteiger partial charge is 0.465 e. The van der Waals surface area contributed by atoms with E-state index in [0.29, 0.717) is 29.9 Å². The first-order chi connectivity index (χ1) is 16.3. The molecule has 2 aromatic heterocycles. The fraction of sp³-hybridized carbons (Fsp3) is 0.292. The molecule has 0 aliphatic carbocycles. The standard InChI is InChI=1S/C24H25N3O6S/c1-16-23(22(33-26-16)11-10-21-9-5-13-32-21)34(30,31)27-12-4-7-19(15-27)24(29)25-20-8-3-6-18(14-20)17(2)28/h3,5-6,8-11,13-14,19H,4,7,12,15H2,1-2H3,(H,25,29)/b11-10+/t19-/m1/s1.